The van der Waals surface area contributed by atoms with Crippen LogP contribution >= 0.6 is 0 Å². The van der Waals surface area contributed by atoms with Gasteiger partial charge in [-0.15, -0.1) is 0 Å². The molecule has 0 aliphatic carbocycles. The van der Waals surface area contributed by atoms with Crippen molar-refractivity contribution < 1.29 is 24.8 Å². The van der Waals surface area contributed by atoms with Crippen LogP contribution in [0.2, 0.25) is 0 Å². The van der Waals surface area contributed by atoms with E-state index in [4.69, 9.17) is 15.3 Å². The molecule has 0 amide bonds. The number of aliphatic hydroxyl groups is 3. The first kappa shape index (κ1) is 10.8. The first-order valence-electron chi connectivity index (χ1n) is 3.20. The van der Waals surface area contributed by atoms with Crippen molar-refractivity contribution in [3.05, 3.63) is 0 Å². The monoisotopic (exact) mass is 166 g/mol. The molecule has 0 aromatic rings. The Labute approximate surface area is 65.2 Å². The third-order valence-electron chi connectivity index (χ3n) is 1.32. The average Bonchev–Trinajstić information content (AvgIpc) is 2.05. The van der Waals surface area contributed by atoms with Crippen molar-refractivity contribution in [3.63, 3.8) is 0 Å². The van der Waals surface area contributed by atoms with E-state index >= 15 is 0 Å². The van der Waals surface area contributed by atoms with Gasteiger partial charge in [-0.05, 0) is 0 Å². The maximum absolute atomic E-state index is 9.12. The Bertz CT molecular complexity index is 93.0. The Balaban J connectivity index is 3.86. The molecule has 3 N–H and O–H groups in total. The normalized spacial score (nSPS) is 16.9. The fraction of sp³-hybridized carbons (Fsp3) is 1.00. The van der Waals surface area contributed by atoms with Crippen molar-refractivity contribution in [3.8, 4) is 0 Å². The van der Waals surface area contributed by atoms with E-state index in [-0.39, 0.29) is 0 Å². The van der Waals surface area contributed by atoms with Gasteiger partial charge in [0.2, 0.25) is 0 Å². The minimum atomic E-state index is -1.24. The van der Waals surface area contributed by atoms with Gasteiger partial charge in [-0.3, -0.25) is 0 Å². The number of ether oxygens (including phenoxy) is 2. The highest BCUT2D eigenvalue weighted by molar-refractivity contribution is 4.68. The molecule has 2 atom stereocenters. The van der Waals surface area contributed by atoms with Crippen LogP contribution in [0.4, 0.5) is 0 Å². The Morgan fingerprint density at radius 3 is 1.91 bits per heavy atom. The Hall–Kier alpha value is -0.200. The van der Waals surface area contributed by atoms with Crippen LogP contribution in [0.15, 0.2) is 0 Å². The summed E-state index contributed by atoms with van der Waals surface area (Å²) in [5.74, 6) is 0. The first-order valence-corrected chi connectivity index (χ1v) is 3.20. The summed E-state index contributed by atoms with van der Waals surface area (Å²) >= 11 is 0. The fourth-order valence-corrected chi connectivity index (χ4v) is 0.664. The van der Waals surface area contributed by atoms with Gasteiger partial charge in [0, 0.05) is 14.2 Å². The summed E-state index contributed by atoms with van der Waals surface area (Å²) in [6, 6.07) is 0. The quantitative estimate of drug-likeness (QED) is 0.425. The largest absolute Gasteiger partial charge is 0.394 e. The van der Waals surface area contributed by atoms with Crippen LogP contribution in [-0.4, -0.2) is 54.6 Å². The topological polar surface area (TPSA) is 79.2 Å². The summed E-state index contributed by atoms with van der Waals surface area (Å²) < 4.78 is 9.28. The zero-order valence-corrected chi connectivity index (χ0v) is 6.60. The summed E-state index contributed by atoms with van der Waals surface area (Å²) in [5, 5.41) is 26.4. The lowest BCUT2D eigenvalue weighted by Gasteiger charge is -2.22. The second-order valence-electron chi connectivity index (χ2n) is 2.08. The average molecular weight is 166 g/mol. The predicted molar refractivity (Wildman–Crippen MR) is 36.9 cm³/mol. The summed E-state index contributed by atoms with van der Waals surface area (Å²) in [7, 11) is 2.67. The number of aliphatic hydroxyl groups excluding tert-OH is 3. The van der Waals surface area contributed by atoms with Gasteiger partial charge in [-0.1, -0.05) is 0 Å². The molecule has 0 spiro atoms. The van der Waals surface area contributed by atoms with Crippen LogP contribution < -0.4 is 0 Å². The van der Waals surface area contributed by atoms with Gasteiger partial charge in [0.25, 0.3) is 0 Å². The molecule has 0 rings (SSSR count). The molecule has 0 fully saturated rings. The lowest BCUT2D eigenvalue weighted by atomic mass is 10.2. The molecule has 0 aliphatic rings. The highest BCUT2D eigenvalue weighted by Crippen LogP contribution is 2.03. The third-order valence-corrected chi connectivity index (χ3v) is 1.32. The predicted octanol–water partition coefficient (Wildman–Crippen LogP) is -1.68. The van der Waals surface area contributed by atoms with E-state index in [0.29, 0.717) is 0 Å². The van der Waals surface area contributed by atoms with Crippen molar-refractivity contribution in [2.45, 2.75) is 18.5 Å². The second kappa shape index (κ2) is 5.45. The fourth-order valence-electron chi connectivity index (χ4n) is 0.664. The lowest BCUT2D eigenvalue weighted by Crippen LogP contribution is -2.41. The van der Waals surface area contributed by atoms with Crippen molar-refractivity contribution >= 4 is 0 Å². The minimum absolute atomic E-state index is 0.523. The summed E-state index contributed by atoms with van der Waals surface area (Å²) in [6.07, 6.45) is -3.37. The van der Waals surface area contributed by atoms with Crippen LogP contribution in [0.25, 0.3) is 0 Å². The number of hydrogen-bond acceptors (Lipinski definition) is 5. The van der Waals surface area contributed by atoms with Gasteiger partial charge >= 0.3 is 0 Å². The van der Waals surface area contributed by atoms with Gasteiger partial charge in [0.1, 0.15) is 12.2 Å². The molecule has 0 aliphatic heterocycles. The van der Waals surface area contributed by atoms with Crippen molar-refractivity contribution in [1.29, 1.82) is 0 Å². The van der Waals surface area contributed by atoms with E-state index in [1.54, 1.807) is 0 Å². The van der Waals surface area contributed by atoms with Gasteiger partial charge < -0.3 is 24.8 Å². The van der Waals surface area contributed by atoms with E-state index in [1.807, 2.05) is 0 Å². The standard InChI is InChI=1S/C6H14O5/c1-10-6(11-2)5(9)4(8)3-7/h4-9H,3H2,1-2H3/t4-,5+/m1/s1. The highest BCUT2D eigenvalue weighted by Gasteiger charge is 2.25. The van der Waals surface area contributed by atoms with E-state index in [2.05, 4.69) is 9.47 Å². The first-order chi connectivity index (χ1) is 5.17. The van der Waals surface area contributed by atoms with Gasteiger partial charge in [0.05, 0.1) is 6.61 Å². The molecule has 0 radical (unpaired) electrons. The molecule has 0 bridgehead atoms. The van der Waals surface area contributed by atoms with E-state index in [0.717, 1.165) is 0 Å². The molecule has 11 heavy (non-hydrogen) atoms. The Morgan fingerprint density at radius 2 is 1.64 bits per heavy atom. The number of rotatable bonds is 5. The molecule has 5 nitrogen and oxygen atoms in total. The third kappa shape index (κ3) is 3.13. The van der Waals surface area contributed by atoms with E-state index in [1.165, 1.54) is 14.2 Å². The SMILES string of the molecule is COC(OC)[C@@H](O)[C@H](O)CO. The van der Waals surface area contributed by atoms with Crippen LogP contribution in [0, 0.1) is 0 Å². The maximum atomic E-state index is 9.12. The summed E-state index contributed by atoms with van der Waals surface area (Å²) in [6.45, 7) is -0.523. The number of methoxy groups -OCH3 is 2. The lowest BCUT2D eigenvalue weighted by molar-refractivity contribution is -0.194. The van der Waals surface area contributed by atoms with Crippen molar-refractivity contribution in [2.24, 2.45) is 0 Å². The molecular weight excluding hydrogens is 152 g/mol. The molecule has 0 heterocycles. The zero-order chi connectivity index (χ0) is 8.85. The highest BCUT2D eigenvalue weighted by atomic mass is 16.7. The molecule has 0 aromatic heterocycles. The molecule has 5 heteroatoms. The van der Waals surface area contributed by atoms with Gasteiger partial charge in [-0.2, -0.15) is 0 Å². The van der Waals surface area contributed by atoms with Gasteiger partial charge in [-0.25, -0.2) is 0 Å². The molecule has 0 saturated heterocycles. The van der Waals surface area contributed by atoms with Gasteiger partial charge in [0.15, 0.2) is 6.29 Å². The molecule has 0 saturated carbocycles. The van der Waals surface area contributed by atoms with E-state index in [9.17, 15) is 0 Å². The van der Waals surface area contributed by atoms with Crippen LogP contribution in [0.3, 0.4) is 0 Å². The van der Waals surface area contributed by atoms with E-state index < -0.39 is 25.1 Å². The Kier molecular flexibility index (Phi) is 5.35. The molecule has 68 valence electrons. The molecule has 0 unspecified atom stereocenters. The second-order valence-corrected chi connectivity index (χ2v) is 2.08. The van der Waals surface area contributed by atoms with Crippen LogP contribution in [-0.2, 0) is 9.47 Å². The van der Waals surface area contributed by atoms with Crippen molar-refractivity contribution in [2.75, 3.05) is 20.8 Å². The molecular formula is C6H14O5. The Morgan fingerprint density at radius 1 is 1.18 bits per heavy atom. The smallest absolute Gasteiger partial charge is 0.185 e. The van der Waals surface area contributed by atoms with Crippen molar-refractivity contribution in [1.82, 2.24) is 0 Å². The van der Waals surface area contributed by atoms with Crippen LogP contribution in [0.1, 0.15) is 0 Å². The zero-order valence-electron chi connectivity index (χ0n) is 6.60. The summed E-state index contributed by atoms with van der Waals surface area (Å²) in [5.41, 5.74) is 0. The maximum Gasteiger partial charge on any atom is 0.185 e. The number of hydrogen-bond donors (Lipinski definition) is 3. The summed E-state index contributed by atoms with van der Waals surface area (Å²) in [4.78, 5) is 0. The molecule has 0 aromatic carbocycles. The van der Waals surface area contributed by atoms with Crippen LogP contribution in [0.5, 0.6) is 0 Å². The minimum Gasteiger partial charge on any atom is -0.394 e.